The van der Waals surface area contributed by atoms with Gasteiger partial charge in [-0.3, -0.25) is 9.79 Å². The molecule has 0 radical (unpaired) electrons. The Labute approximate surface area is 162 Å². The van der Waals surface area contributed by atoms with Gasteiger partial charge in [-0.15, -0.1) is 0 Å². The van der Waals surface area contributed by atoms with Crippen molar-refractivity contribution in [1.29, 1.82) is 0 Å². The molecule has 0 aromatic heterocycles. The number of ether oxygens (including phenoxy) is 2. The van der Waals surface area contributed by atoms with Gasteiger partial charge < -0.3 is 19.5 Å². The van der Waals surface area contributed by atoms with Gasteiger partial charge in [-0.05, 0) is 37.7 Å². The zero-order chi connectivity index (χ0) is 19.3. The summed E-state index contributed by atoms with van der Waals surface area (Å²) >= 11 is 3.53. The maximum atomic E-state index is 12.5. The number of ketones is 1. The Bertz CT molecular complexity index is 728. The third kappa shape index (κ3) is 4.86. The zero-order valence-corrected chi connectivity index (χ0v) is 17.2. The van der Waals surface area contributed by atoms with Crippen LogP contribution in [0.25, 0.3) is 0 Å². The lowest BCUT2D eigenvalue weighted by Gasteiger charge is -2.24. The van der Waals surface area contributed by atoms with Crippen molar-refractivity contribution < 1.29 is 19.4 Å². The smallest absolute Gasteiger partial charge is 0.168 e. The number of aliphatic imine (C=N–C) groups is 1. The van der Waals surface area contributed by atoms with Crippen molar-refractivity contribution >= 4 is 27.9 Å². The highest BCUT2D eigenvalue weighted by atomic mass is 79.9. The number of carbonyl (C=O) groups excluding carboxylic acids is 1. The van der Waals surface area contributed by atoms with E-state index in [2.05, 4.69) is 20.9 Å². The number of benzene rings is 1. The summed E-state index contributed by atoms with van der Waals surface area (Å²) in [6.45, 7) is 1.38. The third-order valence-corrected chi connectivity index (χ3v) is 5.01. The van der Waals surface area contributed by atoms with Crippen LogP contribution in [0.1, 0.15) is 24.3 Å². The van der Waals surface area contributed by atoms with Crippen LogP contribution in [0.2, 0.25) is 0 Å². The van der Waals surface area contributed by atoms with Gasteiger partial charge in [0, 0.05) is 30.1 Å². The molecule has 1 unspecified atom stereocenters. The zero-order valence-electron chi connectivity index (χ0n) is 15.6. The number of nitrogens with zero attached hydrogens (tertiary/aromatic N) is 2. The Morgan fingerprint density at radius 2 is 1.92 bits per heavy atom. The number of hydrogen-bond acceptors (Lipinski definition) is 6. The van der Waals surface area contributed by atoms with Crippen LogP contribution in [-0.2, 0) is 4.79 Å². The molecular weight excluding hydrogens is 400 g/mol. The molecule has 0 amide bonds. The van der Waals surface area contributed by atoms with E-state index in [9.17, 15) is 9.90 Å². The van der Waals surface area contributed by atoms with E-state index in [0.717, 1.165) is 16.6 Å². The van der Waals surface area contributed by atoms with Crippen molar-refractivity contribution in [1.82, 2.24) is 4.90 Å². The van der Waals surface area contributed by atoms with E-state index in [0.29, 0.717) is 36.5 Å². The van der Waals surface area contributed by atoms with E-state index < -0.39 is 0 Å². The molecule has 0 spiro atoms. The molecule has 0 bridgehead atoms. The first-order chi connectivity index (χ1) is 12.4. The number of Topliss-reactive ketones (excluding diaryl/α,β-unsaturated/α-hetero) is 1. The molecule has 1 aromatic carbocycles. The van der Waals surface area contributed by atoms with Crippen molar-refractivity contribution in [3.05, 3.63) is 33.5 Å². The monoisotopic (exact) mass is 424 g/mol. The molecule has 1 atom stereocenters. The van der Waals surface area contributed by atoms with Crippen molar-refractivity contribution in [3.8, 4) is 11.5 Å². The number of hydrogen-bond donors (Lipinski definition) is 1. The van der Waals surface area contributed by atoms with Crippen LogP contribution in [0.4, 0.5) is 0 Å². The van der Waals surface area contributed by atoms with Gasteiger partial charge >= 0.3 is 0 Å². The summed E-state index contributed by atoms with van der Waals surface area (Å²) in [6.07, 6.45) is 2.20. The summed E-state index contributed by atoms with van der Waals surface area (Å²) in [5.41, 5.74) is 1.22. The maximum absolute atomic E-state index is 12.5. The van der Waals surface area contributed by atoms with Gasteiger partial charge in [0.1, 0.15) is 5.76 Å². The molecule has 0 heterocycles. The number of aliphatic hydroxyl groups is 1. The molecule has 1 aliphatic rings. The van der Waals surface area contributed by atoms with Crippen LogP contribution in [0.5, 0.6) is 11.5 Å². The van der Waals surface area contributed by atoms with Crippen LogP contribution >= 0.6 is 15.9 Å². The number of rotatable bonds is 7. The summed E-state index contributed by atoms with van der Waals surface area (Å²) in [5.74, 6) is 1.06. The van der Waals surface area contributed by atoms with Gasteiger partial charge in [-0.25, -0.2) is 0 Å². The summed E-state index contributed by atoms with van der Waals surface area (Å²) in [5, 5.41) is 10.4. The SMILES string of the molecule is COc1cc(Br)c(C2CC(=O)C(C=NCCN(C)C)=C(O)C2)cc1OC. The van der Waals surface area contributed by atoms with Crippen LogP contribution in [-0.4, -0.2) is 63.4 Å². The first kappa shape index (κ1) is 20.5. The van der Waals surface area contributed by atoms with Gasteiger partial charge in [-0.2, -0.15) is 0 Å². The van der Waals surface area contributed by atoms with E-state index >= 15 is 0 Å². The van der Waals surface area contributed by atoms with Crippen molar-refractivity contribution in [2.24, 2.45) is 4.99 Å². The van der Waals surface area contributed by atoms with Gasteiger partial charge in [0.15, 0.2) is 17.3 Å². The summed E-state index contributed by atoms with van der Waals surface area (Å²) in [6, 6.07) is 3.67. The Morgan fingerprint density at radius 3 is 2.50 bits per heavy atom. The van der Waals surface area contributed by atoms with Crippen LogP contribution in [0.15, 0.2) is 32.9 Å². The predicted molar refractivity (Wildman–Crippen MR) is 106 cm³/mol. The fourth-order valence-electron chi connectivity index (χ4n) is 2.87. The van der Waals surface area contributed by atoms with E-state index in [1.54, 1.807) is 14.2 Å². The van der Waals surface area contributed by atoms with Crippen molar-refractivity contribution in [2.45, 2.75) is 18.8 Å². The highest BCUT2D eigenvalue weighted by Gasteiger charge is 2.29. The molecule has 0 fully saturated rings. The number of methoxy groups -OCH3 is 2. The first-order valence-corrected chi connectivity index (χ1v) is 9.18. The number of carbonyl (C=O) groups is 1. The van der Waals surface area contributed by atoms with Gasteiger partial charge in [0.05, 0.1) is 26.3 Å². The second-order valence-corrected chi connectivity index (χ2v) is 7.31. The molecular formula is C19H25BrN2O4. The topological polar surface area (TPSA) is 71.4 Å². The van der Waals surface area contributed by atoms with E-state index in [-0.39, 0.29) is 17.5 Å². The molecule has 2 rings (SSSR count). The number of allylic oxidation sites excluding steroid dienone is 2. The molecule has 0 saturated heterocycles. The minimum Gasteiger partial charge on any atom is -0.511 e. The Kier molecular flexibility index (Phi) is 7.23. The Hall–Kier alpha value is -1.86. The minimum atomic E-state index is -0.129. The predicted octanol–water partition coefficient (Wildman–Crippen LogP) is 3.36. The normalized spacial score (nSPS) is 18.1. The number of likely N-dealkylation sites (N-methyl/N-ethyl adjacent to an activating group) is 1. The summed E-state index contributed by atoms with van der Waals surface area (Å²) in [4.78, 5) is 18.8. The molecule has 6 nitrogen and oxygen atoms in total. The summed E-state index contributed by atoms with van der Waals surface area (Å²) < 4.78 is 11.5. The van der Waals surface area contributed by atoms with Crippen LogP contribution in [0.3, 0.4) is 0 Å². The van der Waals surface area contributed by atoms with Crippen molar-refractivity contribution in [2.75, 3.05) is 41.4 Å². The molecule has 1 N–H and O–H groups in total. The summed E-state index contributed by atoms with van der Waals surface area (Å²) in [7, 11) is 7.07. The first-order valence-electron chi connectivity index (χ1n) is 8.38. The van der Waals surface area contributed by atoms with Crippen LogP contribution < -0.4 is 9.47 Å². The molecule has 0 aliphatic heterocycles. The van der Waals surface area contributed by atoms with Gasteiger partial charge in [0.2, 0.25) is 0 Å². The van der Waals surface area contributed by atoms with Crippen molar-refractivity contribution in [3.63, 3.8) is 0 Å². The fourth-order valence-corrected chi connectivity index (χ4v) is 3.52. The van der Waals surface area contributed by atoms with Gasteiger partial charge in [-0.1, -0.05) is 15.9 Å². The fraction of sp³-hybridized carbons (Fsp3) is 0.474. The molecule has 1 aromatic rings. The van der Waals surface area contributed by atoms with E-state index in [1.807, 2.05) is 31.1 Å². The second-order valence-electron chi connectivity index (χ2n) is 6.46. The minimum absolute atomic E-state index is 0.0848. The van der Waals surface area contributed by atoms with E-state index in [1.165, 1.54) is 6.21 Å². The molecule has 7 heteroatoms. The third-order valence-electron chi connectivity index (χ3n) is 4.32. The highest BCUT2D eigenvalue weighted by Crippen LogP contribution is 2.41. The van der Waals surface area contributed by atoms with Gasteiger partial charge in [0.25, 0.3) is 0 Å². The highest BCUT2D eigenvalue weighted by molar-refractivity contribution is 9.10. The molecule has 1 aliphatic carbocycles. The van der Waals surface area contributed by atoms with Crippen LogP contribution in [0, 0.1) is 0 Å². The molecule has 26 heavy (non-hydrogen) atoms. The Morgan fingerprint density at radius 1 is 1.27 bits per heavy atom. The number of halogens is 1. The van der Waals surface area contributed by atoms with E-state index in [4.69, 9.17) is 9.47 Å². The quantitative estimate of drug-likeness (QED) is 0.679. The standard InChI is InChI=1S/C19H25BrN2O4/c1-22(2)6-5-21-11-14-16(23)7-12(8-17(14)24)13-9-18(25-3)19(26-4)10-15(13)20/h9-12,23H,5-8H2,1-4H3. The lowest BCUT2D eigenvalue weighted by Crippen LogP contribution is -2.20. The second kappa shape index (κ2) is 9.19. The lowest BCUT2D eigenvalue weighted by molar-refractivity contribution is -0.116. The molecule has 142 valence electrons. The molecule has 0 saturated carbocycles. The maximum Gasteiger partial charge on any atom is 0.168 e. The largest absolute Gasteiger partial charge is 0.511 e. The average molecular weight is 425 g/mol. The lowest BCUT2D eigenvalue weighted by atomic mass is 9.83. The average Bonchev–Trinajstić information content (AvgIpc) is 2.59. The Balaban J connectivity index is 2.22. The number of aliphatic hydroxyl groups excluding tert-OH is 1.